The highest BCUT2D eigenvalue weighted by atomic mass is 14.9. The fourth-order valence-corrected chi connectivity index (χ4v) is 2.78. The summed E-state index contributed by atoms with van der Waals surface area (Å²) in [6, 6.07) is 0.634. The third-order valence-corrected chi connectivity index (χ3v) is 4.22. The predicted octanol–water partition coefficient (Wildman–Crippen LogP) is 4.37. The van der Waals surface area contributed by atoms with Crippen LogP contribution in [0.3, 0.4) is 0 Å². The van der Waals surface area contributed by atoms with Gasteiger partial charge in [0.2, 0.25) is 0 Å². The summed E-state index contributed by atoms with van der Waals surface area (Å²) in [6.07, 6.45) is 10.1. The van der Waals surface area contributed by atoms with Crippen molar-refractivity contribution in [2.75, 3.05) is 6.54 Å². The van der Waals surface area contributed by atoms with E-state index in [1.807, 2.05) is 0 Å². The standard InChI is InChI=1S/C15H31N/c1-5-6-7-14-8-10-15(4,11-9-14)12-16-13(2)3/h13-14,16H,5-12H2,1-4H3. The van der Waals surface area contributed by atoms with E-state index < -0.39 is 0 Å². The van der Waals surface area contributed by atoms with Gasteiger partial charge in [-0.05, 0) is 37.0 Å². The average Bonchev–Trinajstić information content (AvgIpc) is 2.26. The molecule has 0 amide bonds. The van der Waals surface area contributed by atoms with E-state index in [4.69, 9.17) is 0 Å². The predicted molar refractivity (Wildman–Crippen MR) is 72.7 cm³/mol. The second kappa shape index (κ2) is 6.64. The number of rotatable bonds is 6. The molecule has 0 saturated heterocycles. The van der Waals surface area contributed by atoms with Gasteiger partial charge in [-0.1, -0.05) is 47.0 Å². The summed E-state index contributed by atoms with van der Waals surface area (Å²) in [5.41, 5.74) is 0.576. The minimum Gasteiger partial charge on any atom is -0.314 e. The van der Waals surface area contributed by atoms with Crippen molar-refractivity contribution in [3.63, 3.8) is 0 Å². The van der Waals surface area contributed by atoms with Crippen molar-refractivity contribution in [2.24, 2.45) is 11.3 Å². The fourth-order valence-electron chi connectivity index (χ4n) is 2.78. The van der Waals surface area contributed by atoms with Crippen LogP contribution in [0.4, 0.5) is 0 Å². The van der Waals surface area contributed by atoms with Crippen molar-refractivity contribution in [2.45, 2.75) is 78.7 Å². The highest BCUT2D eigenvalue weighted by Crippen LogP contribution is 2.39. The molecule has 1 aliphatic carbocycles. The van der Waals surface area contributed by atoms with Crippen molar-refractivity contribution in [1.29, 1.82) is 0 Å². The number of nitrogens with one attached hydrogen (secondary N) is 1. The highest BCUT2D eigenvalue weighted by molar-refractivity contribution is 4.84. The van der Waals surface area contributed by atoms with Crippen LogP contribution in [0.25, 0.3) is 0 Å². The summed E-state index contributed by atoms with van der Waals surface area (Å²) in [6.45, 7) is 10.5. The lowest BCUT2D eigenvalue weighted by molar-refractivity contribution is 0.156. The average molecular weight is 225 g/mol. The van der Waals surface area contributed by atoms with Gasteiger partial charge in [-0.15, -0.1) is 0 Å². The molecular formula is C15H31N. The van der Waals surface area contributed by atoms with E-state index in [2.05, 4.69) is 33.0 Å². The summed E-state index contributed by atoms with van der Waals surface area (Å²) in [4.78, 5) is 0. The second-order valence-electron chi connectivity index (χ2n) is 6.43. The van der Waals surface area contributed by atoms with E-state index in [1.165, 1.54) is 51.5 Å². The Morgan fingerprint density at radius 3 is 2.38 bits per heavy atom. The quantitative estimate of drug-likeness (QED) is 0.708. The Balaban J connectivity index is 2.23. The Morgan fingerprint density at radius 1 is 1.25 bits per heavy atom. The molecule has 0 radical (unpaired) electrons. The lowest BCUT2D eigenvalue weighted by Gasteiger charge is -2.38. The summed E-state index contributed by atoms with van der Waals surface area (Å²) in [5, 5.41) is 3.61. The van der Waals surface area contributed by atoms with Gasteiger partial charge in [-0.3, -0.25) is 0 Å². The zero-order valence-electron chi connectivity index (χ0n) is 11.8. The van der Waals surface area contributed by atoms with Crippen LogP contribution in [-0.2, 0) is 0 Å². The number of hydrogen-bond acceptors (Lipinski definition) is 1. The van der Waals surface area contributed by atoms with Crippen LogP contribution < -0.4 is 5.32 Å². The SMILES string of the molecule is CCCCC1CCC(C)(CNC(C)C)CC1. The zero-order valence-corrected chi connectivity index (χ0v) is 11.8. The molecular weight excluding hydrogens is 194 g/mol. The Kier molecular flexibility index (Phi) is 5.82. The minimum atomic E-state index is 0.576. The molecule has 1 fully saturated rings. The van der Waals surface area contributed by atoms with Gasteiger partial charge in [-0.25, -0.2) is 0 Å². The zero-order chi connectivity index (χ0) is 12.0. The first-order valence-corrected chi connectivity index (χ1v) is 7.29. The van der Waals surface area contributed by atoms with Crippen LogP contribution in [0, 0.1) is 11.3 Å². The monoisotopic (exact) mass is 225 g/mol. The van der Waals surface area contributed by atoms with Crippen molar-refractivity contribution in [3.8, 4) is 0 Å². The van der Waals surface area contributed by atoms with Crippen LogP contribution in [0.15, 0.2) is 0 Å². The molecule has 0 unspecified atom stereocenters. The molecule has 1 aliphatic rings. The third kappa shape index (κ3) is 4.86. The molecule has 0 atom stereocenters. The van der Waals surface area contributed by atoms with Gasteiger partial charge in [0.25, 0.3) is 0 Å². The molecule has 1 saturated carbocycles. The molecule has 1 nitrogen and oxygen atoms in total. The van der Waals surface area contributed by atoms with E-state index in [0.29, 0.717) is 11.5 Å². The highest BCUT2D eigenvalue weighted by Gasteiger charge is 2.30. The molecule has 16 heavy (non-hydrogen) atoms. The molecule has 0 heterocycles. The van der Waals surface area contributed by atoms with Crippen LogP contribution in [0.5, 0.6) is 0 Å². The van der Waals surface area contributed by atoms with Gasteiger partial charge in [0.1, 0.15) is 0 Å². The van der Waals surface area contributed by atoms with Gasteiger partial charge in [0, 0.05) is 12.6 Å². The van der Waals surface area contributed by atoms with Crippen LogP contribution in [0.1, 0.15) is 72.6 Å². The van der Waals surface area contributed by atoms with Crippen molar-refractivity contribution in [3.05, 3.63) is 0 Å². The van der Waals surface area contributed by atoms with Crippen LogP contribution >= 0.6 is 0 Å². The molecule has 0 bridgehead atoms. The lowest BCUT2D eigenvalue weighted by Crippen LogP contribution is -2.38. The molecule has 0 aromatic carbocycles. The molecule has 1 rings (SSSR count). The van der Waals surface area contributed by atoms with Gasteiger partial charge in [0.15, 0.2) is 0 Å². The smallest absolute Gasteiger partial charge is 0.00106 e. The largest absolute Gasteiger partial charge is 0.314 e. The van der Waals surface area contributed by atoms with Gasteiger partial charge < -0.3 is 5.32 Å². The molecule has 96 valence electrons. The van der Waals surface area contributed by atoms with E-state index >= 15 is 0 Å². The molecule has 0 spiro atoms. The summed E-state index contributed by atoms with van der Waals surface area (Å²) in [7, 11) is 0. The van der Waals surface area contributed by atoms with Crippen LogP contribution in [-0.4, -0.2) is 12.6 Å². The molecule has 0 aromatic heterocycles. The number of unbranched alkanes of at least 4 members (excludes halogenated alkanes) is 1. The van der Waals surface area contributed by atoms with Gasteiger partial charge in [-0.2, -0.15) is 0 Å². The summed E-state index contributed by atoms with van der Waals surface area (Å²) in [5.74, 6) is 1.03. The van der Waals surface area contributed by atoms with Crippen molar-refractivity contribution >= 4 is 0 Å². The maximum absolute atomic E-state index is 3.61. The normalized spacial score (nSPS) is 30.9. The van der Waals surface area contributed by atoms with Crippen LogP contribution in [0.2, 0.25) is 0 Å². The van der Waals surface area contributed by atoms with E-state index in [9.17, 15) is 0 Å². The minimum absolute atomic E-state index is 0.576. The Bertz CT molecular complexity index is 178. The molecule has 0 aliphatic heterocycles. The van der Waals surface area contributed by atoms with Crippen molar-refractivity contribution < 1.29 is 0 Å². The van der Waals surface area contributed by atoms with E-state index in [1.54, 1.807) is 0 Å². The summed E-state index contributed by atoms with van der Waals surface area (Å²) < 4.78 is 0. The first-order chi connectivity index (χ1) is 7.56. The lowest BCUT2D eigenvalue weighted by atomic mass is 9.70. The first kappa shape index (κ1) is 14.0. The fraction of sp³-hybridized carbons (Fsp3) is 1.00. The molecule has 0 aromatic rings. The second-order valence-corrected chi connectivity index (χ2v) is 6.43. The molecule has 1 N–H and O–H groups in total. The topological polar surface area (TPSA) is 12.0 Å². The van der Waals surface area contributed by atoms with E-state index in [-0.39, 0.29) is 0 Å². The van der Waals surface area contributed by atoms with Gasteiger partial charge >= 0.3 is 0 Å². The first-order valence-electron chi connectivity index (χ1n) is 7.29. The molecule has 1 heteroatoms. The van der Waals surface area contributed by atoms with E-state index in [0.717, 1.165) is 5.92 Å². The summed E-state index contributed by atoms with van der Waals surface area (Å²) >= 11 is 0. The van der Waals surface area contributed by atoms with Crippen molar-refractivity contribution in [1.82, 2.24) is 5.32 Å². The Labute approximate surface area is 102 Å². The van der Waals surface area contributed by atoms with Gasteiger partial charge in [0.05, 0.1) is 0 Å². The number of hydrogen-bond donors (Lipinski definition) is 1. The third-order valence-electron chi connectivity index (χ3n) is 4.22. The Morgan fingerprint density at radius 2 is 1.88 bits per heavy atom. The Hall–Kier alpha value is -0.0400. The maximum Gasteiger partial charge on any atom is 0.00106 e. The maximum atomic E-state index is 3.61.